The van der Waals surface area contributed by atoms with Gasteiger partial charge in [0.2, 0.25) is 11.8 Å². The Morgan fingerprint density at radius 2 is 1.97 bits per heavy atom. The van der Waals surface area contributed by atoms with Gasteiger partial charge in [-0.1, -0.05) is 35.5 Å². The third kappa shape index (κ3) is 5.22. The van der Waals surface area contributed by atoms with Crippen molar-refractivity contribution in [3.05, 3.63) is 47.6 Å². The SMILES string of the molecule is O=C(C1CCOCC1)N1CCCCC1c1nc(CCOCc2ccccc2)no1. The van der Waals surface area contributed by atoms with Crippen LogP contribution in [0, 0.1) is 5.92 Å². The molecule has 0 bridgehead atoms. The van der Waals surface area contributed by atoms with Crippen LogP contribution in [0.3, 0.4) is 0 Å². The summed E-state index contributed by atoms with van der Waals surface area (Å²) in [5.74, 6) is 1.46. The van der Waals surface area contributed by atoms with Crippen molar-refractivity contribution in [2.75, 3.05) is 26.4 Å². The van der Waals surface area contributed by atoms with Crippen LogP contribution in [-0.2, 0) is 27.3 Å². The van der Waals surface area contributed by atoms with Gasteiger partial charge in [0, 0.05) is 32.1 Å². The summed E-state index contributed by atoms with van der Waals surface area (Å²) in [6.45, 7) is 3.20. The van der Waals surface area contributed by atoms with Crippen molar-refractivity contribution in [2.24, 2.45) is 5.92 Å². The maximum Gasteiger partial charge on any atom is 0.249 e. The van der Waals surface area contributed by atoms with Gasteiger partial charge in [-0.25, -0.2) is 0 Å². The molecule has 0 radical (unpaired) electrons. The van der Waals surface area contributed by atoms with E-state index in [0.717, 1.165) is 44.2 Å². The van der Waals surface area contributed by atoms with E-state index in [4.69, 9.17) is 14.0 Å². The Balaban J connectivity index is 1.32. The predicted octanol–water partition coefficient (Wildman–Crippen LogP) is 3.31. The molecule has 0 saturated carbocycles. The number of hydrogen-bond acceptors (Lipinski definition) is 6. The van der Waals surface area contributed by atoms with E-state index < -0.39 is 0 Å². The first-order valence-corrected chi connectivity index (χ1v) is 10.6. The number of benzene rings is 1. The van der Waals surface area contributed by atoms with E-state index in [0.29, 0.717) is 44.6 Å². The molecule has 2 aliphatic rings. The van der Waals surface area contributed by atoms with E-state index in [1.807, 2.05) is 35.2 Å². The average molecular weight is 399 g/mol. The topological polar surface area (TPSA) is 77.7 Å². The Morgan fingerprint density at radius 1 is 1.14 bits per heavy atom. The number of ether oxygens (including phenoxy) is 2. The Kier molecular flexibility index (Phi) is 6.90. The van der Waals surface area contributed by atoms with Crippen LogP contribution in [0.15, 0.2) is 34.9 Å². The first-order chi connectivity index (χ1) is 14.3. The number of carbonyl (C=O) groups is 1. The summed E-state index contributed by atoms with van der Waals surface area (Å²) < 4.78 is 16.7. The third-order valence-electron chi connectivity index (χ3n) is 5.71. The van der Waals surface area contributed by atoms with Gasteiger partial charge in [-0.15, -0.1) is 0 Å². The normalized spacial score (nSPS) is 20.7. The zero-order chi connectivity index (χ0) is 19.9. The lowest BCUT2D eigenvalue weighted by Gasteiger charge is -2.36. The lowest BCUT2D eigenvalue weighted by atomic mass is 9.94. The molecule has 1 amide bonds. The van der Waals surface area contributed by atoms with Gasteiger partial charge in [-0.05, 0) is 37.7 Å². The molecule has 0 spiro atoms. The molecular formula is C22H29N3O4. The first-order valence-electron chi connectivity index (χ1n) is 10.6. The van der Waals surface area contributed by atoms with Crippen LogP contribution in [0.25, 0.3) is 0 Å². The zero-order valence-electron chi connectivity index (χ0n) is 16.8. The van der Waals surface area contributed by atoms with Gasteiger partial charge in [-0.3, -0.25) is 4.79 Å². The van der Waals surface area contributed by atoms with Crippen molar-refractivity contribution in [3.8, 4) is 0 Å². The van der Waals surface area contributed by atoms with Crippen molar-refractivity contribution in [3.63, 3.8) is 0 Å². The summed E-state index contributed by atoms with van der Waals surface area (Å²) in [5, 5.41) is 4.12. The number of carbonyl (C=O) groups excluding carboxylic acids is 1. The maximum atomic E-state index is 13.0. The Hall–Kier alpha value is -2.25. The van der Waals surface area contributed by atoms with Gasteiger partial charge in [0.1, 0.15) is 6.04 Å². The lowest BCUT2D eigenvalue weighted by molar-refractivity contribution is -0.143. The fourth-order valence-corrected chi connectivity index (χ4v) is 4.06. The number of hydrogen-bond donors (Lipinski definition) is 0. The molecule has 1 atom stereocenters. The van der Waals surface area contributed by atoms with Crippen LogP contribution in [-0.4, -0.2) is 47.3 Å². The minimum Gasteiger partial charge on any atom is -0.381 e. The van der Waals surface area contributed by atoms with Crippen molar-refractivity contribution in [1.82, 2.24) is 15.0 Å². The molecule has 2 saturated heterocycles. The molecule has 7 nitrogen and oxygen atoms in total. The molecule has 7 heteroatoms. The number of amides is 1. The second-order valence-electron chi connectivity index (χ2n) is 7.77. The minimum atomic E-state index is -0.106. The van der Waals surface area contributed by atoms with Crippen LogP contribution in [0.4, 0.5) is 0 Å². The standard InChI is InChI=1S/C22H29N3O4/c26-22(18-9-13-27-14-10-18)25-12-5-4-8-19(25)21-23-20(24-29-21)11-15-28-16-17-6-2-1-3-7-17/h1-3,6-7,18-19H,4-5,8-16H2. The van der Waals surface area contributed by atoms with E-state index in [1.54, 1.807) is 0 Å². The summed E-state index contributed by atoms with van der Waals surface area (Å²) >= 11 is 0. The average Bonchev–Trinajstić information content (AvgIpc) is 3.26. The van der Waals surface area contributed by atoms with Crippen molar-refractivity contribution in [1.29, 1.82) is 0 Å². The summed E-state index contributed by atoms with van der Waals surface area (Å²) in [7, 11) is 0. The monoisotopic (exact) mass is 399 g/mol. The molecule has 29 heavy (non-hydrogen) atoms. The second kappa shape index (κ2) is 9.98. The minimum absolute atomic E-state index is 0.0538. The lowest BCUT2D eigenvalue weighted by Crippen LogP contribution is -2.43. The molecule has 2 fully saturated rings. The number of likely N-dealkylation sites (tertiary alicyclic amines) is 1. The summed E-state index contributed by atoms with van der Waals surface area (Å²) in [4.78, 5) is 19.6. The Labute approximate surface area is 171 Å². The highest BCUT2D eigenvalue weighted by Crippen LogP contribution is 2.32. The zero-order valence-corrected chi connectivity index (χ0v) is 16.8. The van der Waals surface area contributed by atoms with E-state index in [2.05, 4.69) is 10.1 Å². The third-order valence-corrected chi connectivity index (χ3v) is 5.71. The number of rotatable bonds is 7. The van der Waals surface area contributed by atoms with E-state index >= 15 is 0 Å². The fraction of sp³-hybridized carbons (Fsp3) is 0.591. The summed E-state index contributed by atoms with van der Waals surface area (Å²) in [5.41, 5.74) is 1.14. The predicted molar refractivity (Wildman–Crippen MR) is 106 cm³/mol. The second-order valence-corrected chi connectivity index (χ2v) is 7.77. The molecular weight excluding hydrogens is 370 g/mol. The molecule has 1 aromatic carbocycles. The molecule has 3 heterocycles. The molecule has 0 N–H and O–H groups in total. The highest BCUT2D eigenvalue weighted by atomic mass is 16.5. The van der Waals surface area contributed by atoms with Crippen LogP contribution in [0.2, 0.25) is 0 Å². The maximum absolute atomic E-state index is 13.0. The van der Waals surface area contributed by atoms with Gasteiger partial charge in [0.05, 0.1) is 13.2 Å². The molecule has 2 aliphatic heterocycles. The van der Waals surface area contributed by atoms with Gasteiger partial charge in [0.25, 0.3) is 0 Å². The highest BCUT2D eigenvalue weighted by molar-refractivity contribution is 5.79. The molecule has 4 rings (SSSR count). The quantitative estimate of drug-likeness (QED) is 0.665. The molecule has 156 valence electrons. The van der Waals surface area contributed by atoms with Crippen LogP contribution >= 0.6 is 0 Å². The van der Waals surface area contributed by atoms with Crippen LogP contribution in [0.1, 0.15) is 55.4 Å². The molecule has 1 unspecified atom stereocenters. The van der Waals surface area contributed by atoms with Crippen molar-refractivity contribution in [2.45, 2.75) is 51.2 Å². The van der Waals surface area contributed by atoms with Gasteiger partial charge < -0.3 is 18.9 Å². The smallest absolute Gasteiger partial charge is 0.249 e. The van der Waals surface area contributed by atoms with Gasteiger partial charge in [-0.2, -0.15) is 4.98 Å². The van der Waals surface area contributed by atoms with Crippen molar-refractivity contribution >= 4 is 5.91 Å². The first kappa shape index (κ1) is 20.0. The van der Waals surface area contributed by atoms with E-state index in [9.17, 15) is 4.79 Å². The van der Waals surface area contributed by atoms with Gasteiger partial charge >= 0.3 is 0 Å². The Morgan fingerprint density at radius 3 is 2.79 bits per heavy atom. The summed E-state index contributed by atoms with van der Waals surface area (Å²) in [6.07, 6.45) is 5.17. The number of nitrogens with zero attached hydrogens (tertiary/aromatic N) is 3. The molecule has 1 aromatic heterocycles. The summed E-state index contributed by atoms with van der Waals surface area (Å²) in [6, 6.07) is 9.97. The van der Waals surface area contributed by atoms with Crippen LogP contribution < -0.4 is 0 Å². The van der Waals surface area contributed by atoms with Crippen LogP contribution in [0.5, 0.6) is 0 Å². The highest BCUT2D eigenvalue weighted by Gasteiger charge is 2.35. The largest absolute Gasteiger partial charge is 0.381 e. The van der Waals surface area contributed by atoms with E-state index in [-0.39, 0.29) is 17.9 Å². The Bertz CT molecular complexity index is 773. The van der Waals surface area contributed by atoms with Crippen molar-refractivity contribution < 1.29 is 18.8 Å². The van der Waals surface area contributed by atoms with Gasteiger partial charge in [0.15, 0.2) is 5.82 Å². The molecule has 0 aliphatic carbocycles. The fourth-order valence-electron chi connectivity index (χ4n) is 4.06. The number of piperidine rings is 1. The molecule has 2 aromatic rings. The van der Waals surface area contributed by atoms with E-state index in [1.165, 1.54) is 0 Å². The number of aromatic nitrogens is 2.